The molecule has 3 aliphatic rings. The summed E-state index contributed by atoms with van der Waals surface area (Å²) >= 11 is 0. The van der Waals surface area contributed by atoms with Gasteiger partial charge in [-0.1, -0.05) is 12.2 Å². The zero-order valence-corrected chi connectivity index (χ0v) is 10.9. The van der Waals surface area contributed by atoms with Gasteiger partial charge < -0.3 is 19.6 Å². The smallest absolute Gasteiger partial charge is 0.310 e. The SMILES string of the molecule is CN1CCN(C(=O)C2C(C(=O)O)[C@H]3C=C[C@@H]2O3)CC1. The number of carboxylic acid groups (broad SMARTS) is 1. The van der Waals surface area contributed by atoms with Gasteiger partial charge in [0.15, 0.2) is 0 Å². The molecule has 1 N–H and O–H groups in total. The van der Waals surface area contributed by atoms with Crippen LogP contribution >= 0.6 is 0 Å². The van der Waals surface area contributed by atoms with Crippen LogP contribution < -0.4 is 0 Å². The lowest BCUT2D eigenvalue weighted by molar-refractivity contribution is -0.150. The van der Waals surface area contributed by atoms with E-state index in [9.17, 15) is 14.7 Å². The highest BCUT2D eigenvalue weighted by Gasteiger charge is 2.54. The lowest BCUT2D eigenvalue weighted by Gasteiger charge is -2.35. The molecular formula is C13H18N2O4. The van der Waals surface area contributed by atoms with E-state index in [2.05, 4.69) is 4.90 Å². The van der Waals surface area contributed by atoms with Gasteiger partial charge in [-0.3, -0.25) is 9.59 Å². The predicted molar refractivity (Wildman–Crippen MR) is 66.5 cm³/mol. The number of likely N-dealkylation sites (N-methyl/N-ethyl adjacent to an activating group) is 1. The van der Waals surface area contributed by atoms with Gasteiger partial charge in [-0.2, -0.15) is 0 Å². The van der Waals surface area contributed by atoms with E-state index in [0.717, 1.165) is 13.1 Å². The van der Waals surface area contributed by atoms with E-state index in [0.29, 0.717) is 13.1 Å². The summed E-state index contributed by atoms with van der Waals surface area (Å²) < 4.78 is 5.54. The van der Waals surface area contributed by atoms with Crippen LogP contribution in [0.25, 0.3) is 0 Å². The lowest BCUT2D eigenvalue weighted by atomic mass is 9.82. The number of fused-ring (bicyclic) bond motifs is 2. The summed E-state index contributed by atoms with van der Waals surface area (Å²) in [6.45, 7) is 3.00. The van der Waals surface area contributed by atoms with Crippen molar-refractivity contribution >= 4 is 11.9 Å². The molecule has 3 heterocycles. The van der Waals surface area contributed by atoms with E-state index in [1.165, 1.54) is 0 Å². The Bertz CT molecular complexity index is 428. The van der Waals surface area contributed by atoms with Gasteiger partial charge in [0.2, 0.25) is 5.91 Å². The number of aliphatic carboxylic acids is 1. The topological polar surface area (TPSA) is 70.1 Å². The van der Waals surface area contributed by atoms with Crippen LogP contribution in [0.4, 0.5) is 0 Å². The molecule has 1 amide bonds. The van der Waals surface area contributed by atoms with Crippen LogP contribution in [-0.4, -0.2) is 72.2 Å². The lowest BCUT2D eigenvalue weighted by Crippen LogP contribution is -2.52. The largest absolute Gasteiger partial charge is 0.481 e. The first kappa shape index (κ1) is 12.6. The number of carboxylic acids is 1. The van der Waals surface area contributed by atoms with Crippen molar-refractivity contribution in [1.82, 2.24) is 9.80 Å². The van der Waals surface area contributed by atoms with Crippen LogP contribution in [0.15, 0.2) is 12.2 Å². The maximum absolute atomic E-state index is 12.5. The molecule has 0 aliphatic carbocycles. The van der Waals surface area contributed by atoms with Gasteiger partial charge in [-0.15, -0.1) is 0 Å². The molecule has 2 fully saturated rings. The molecule has 0 spiro atoms. The second-order valence-corrected chi connectivity index (χ2v) is 5.47. The number of piperazine rings is 1. The molecule has 2 saturated heterocycles. The molecule has 2 unspecified atom stereocenters. The highest BCUT2D eigenvalue weighted by atomic mass is 16.5. The van der Waals surface area contributed by atoms with Gasteiger partial charge in [0, 0.05) is 26.2 Å². The molecule has 104 valence electrons. The molecule has 0 aromatic rings. The quantitative estimate of drug-likeness (QED) is 0.677. The molecule has 6 heteroatoms. The van der Waals surface area contributed by atoms with Crippen LogP contribution in [0.1, 0.15) is 0 Å². The fraction of sp³-hybridized carbons (Fsp3) is 0.692. The second-order valence-electron chi connectivity index (χ2n) is 5.47. The van der Waals surface area contributed by atoms with Gasteiger partial charge in [0.05, 0.1) is 18.1 Å². The zero-order chi connectivity index (χ0) is 13.6. The van der Waals surface area contributed by atoms with Crippen molar-refractivity contribution in [2.45, 2.75) is 12.2 Å². The zero-order valence-electron chi connectivity index (χ0n) is 10.9. The van der Waals surface area contributed by atoms with Crippen molar-refractivity contribution in [3.8, 4) is 0 Å². The molecule has 6 nitrogen and oxygen atoms in total. The van der Waals surface area contributed by atoms with Gasteiger partial charge in [-0.05, 0) is 7.05 Å². The summed E-state index contributed by atoms with van der Waals surface area (Å²) in [5.74, 6) is -2.31. The molecule has 3 aliphatic heterocycles. The van der Waals surface area contributed by atoms with Gasteiger partial charge in [0.25, 0.3) is 0 Å². The second kappa shape index (κ2) is 4.61. The number of nitrogens with zero attached hydrogens (tertiary/aromatic N) is 2. The van der Waals surface area contributed by atoms with E-state index in [-0.39, 0.29) is 12.0 Å². The summed E-state index contributed by atoms with van der Waals surface area (Å²) in [6.07, 6.45) is 2.78. The van der Waals surface area contributed by atoms with Crippen LogP contribution in [0.5, 0.6) is 0 Å². The first-order chi connectivity index (χ1) is 9.08. The number of hydrogen-bond donors (Lipinski definition) is 1. The summed E-state index contributed by atoms with van der Waals surface area (Å²) in [7, 11) is 2.02. The Morgan fingerprint density at radius 2 is 1.68 bits per heavy atom. The molecule has 0 radical (unpaired) electrons. The van der Waals surface area contributed by atoms with Crippen LogP contribution in [0.2, 0.25) is 0 Å². The maximum atomic E-state index is 12.5. The van der Waals surface area contributed by atoms with Crippen LogP contribution in [-0.2, 0) is 14.3 Å². The average molecular weight is 266 g/mol. The maximum Gasteiger partial charge on any atom is 0.310 e. The highest BCUT2D eigenvalue weighted by Crippen LogP contribution is 2.40. The molecule has 0 saturated carbocycles. The predicted octanol–water partition coefficient (Wildman–Crippen LogP) is -0.585. The third-order valence-electron chi connectivity index (χ3n) is 4.28. The molecular weight excluding hydrogens is 248 g/mol. The molecule has 19 heavy (non-hydrogen) atoms. The van der Waals surface area contributed by atoms with Crippen molar-refractivity contribution in [1.29, 1.82) is 0 Å². The fourth-order valence-corrected chi connectivity index (χ4v) is 3.13. The highest BCUT2D eigenvalue weighted by molar-refractivity contribution is 5.87. The minimum Gasteiger partial charge on any atom is -0.481 e. The first-order valence-corrected chi connectivity index (χ1v) is 6.62. The number of rotatable bonds is 2. The number of carbonyl (C=O) groups excluding carboxylic acids is 1. The van der Waals surface area contributed by atoms with Crippen molar-refractivity contribution in [2.75, 3.05) is 33.2 Å². The Morgan fingerprint density at radius 3 is 2.26 bits per heavy atom. The molecule has 4 atom stereocenters. The van der Waals surface area contributed by atoms with Crippen molar-refractivity contribution in [3.05, 3.63) is 12.2 Å². The van der Waals surface area contributed by atoms with Crippen LogP contribution in [0.3, 0.4) is 0 Å². The fourth-order valence-electron chi connectivity index (χ4n) is 3.13. The van der Waals surface area contributed by atoms with Crippen LogP contribution in [0, 0.1) is 11.8 Å². The monoisotopic (exact) mass is 266 g/mol. The first-order valence-electron chi connectivity index (χ1n) is 6.62. The third-order valence-corrected chi connectivity index (χ3v) is 4.28. The normalized spacial score (nSPS) is 37.8. The summed E-state index contributed by atoms with van der Waals surface area (Å²) in [5, 5.41) is 9.30. The number of carbonyl (C=O) groups is 2. The Labute approximate surface area is 111 Å². The Hall–Kier alpha value is -1.40. The van der Waals surface area contributed by atoms with E-state index < -0.39 is 23.9 Å². The van der Waals surface area contributed by atoms with Crippen molar-refractivity contribution in [3.63, 3.8) is 0 Å². The Balaban J connectivity index is 1.75. The van der Waals surface area contributed by atoms with E-state index in [1.807, 2.05) is 13.1 Å². The van der Waals surface area contributed by atoms with Crippen molar-refractivity contribution in [2.24, 2.45) is 11.8 Å². The van der Waals surface area contributed by atoms with Crippen molar-refractivity contribution < 1.29 is 19.4 Å². The number of hydrogen-bond acceptors (Lipinski definition) is 4. The summed E-state index contributed by atoms with van der Waals surface area (Å²) in [4.78, 5) is 27.8. The van der Waals surface area contributed by atoms with E-state index >= 15 is 0 Å². The Kier molecular flexibility index (Phi) is 3.06. The van der Waals surface area contributed by atoms with E-state index in [1.54, 1.807) is 11.0 Å². The summed E-state index contributed by atoms with van der Waals surface area (Å²) in [6, 6.07) is 0. The van der Waals surface area contributed by atoms with Gasteiger partial charge >= 0.3 is 5.97 Å². The van der Waals surface area contributed by atoms with Gasteiger partial charge in [0.1, 0.15) is 5.92 Å². The minimum atomic E-state index is -0.940. The molecule has 3 rings (SSSR count). The third kappa shape index (κ3) is 2.04. The van der Waals surface area contributed by atoms with E-state index in [4.69, 9.17) is 4.74 Å². The molecule has 0 aromatic carbocycles. The standard InChI is InChI=1S/C13H18N2O4/c1-14-4-6-15(7-5-14)12(16)10-8-2-3-9(19-8)11(10)13(17)18/h2-3,8-11H,4-7H2,1H3,(H,17,18)/t8-,9+,10?,11?/m0/s1. The molecule has 0 aromatic heterocycles. The Morgan fingerprint density at radius 1 is 1.11 bits per heavy atom. The van der Waals surface area contributed by atoms with Gasteiger partial charge in [-0.25, -0.2) is 0 Å². The number of amides is 1. The number of ether oxygens (including phenoxy) is 1. The minimum absolute atomic E-state index is 0.0719. The molecule has 2 bridgehead atoms. The summed E-state index contributed by atoms with van der Waals surface area (Å²) in [5.41, 5.74) is 0. The average Bonchev–Trinajstić information content (AvgIpc) is 2.98.